The minimum absolute atomic E-state index is 0.0140. The van der Waals surface area contributed by atoms with Crippen LogP contribution >= 0.6 is 11.3 Å². The van der Waals surface area contributed by atoms with Crippen molar-refractivity contribution < 1.29 is 19.8 Å². The van der Waals surface area contributed by atoms with Gasteiger partial charge in [-0.1, -0.05) is 11.8 Å². The quantitative estimate of drug-likeness (QED) is 0.452. The smallest absolute Gasteiger partial charge is 0.335 e. The van der Waals surface area contributed by atoms with Gasteiger partial charge in [-0.25, -0.2) is 14.6 Å². The minimum Gasteiger partial charge on any atom is -0.478 e. The Bertz CT molecular complexity index is 1420. The van der Waals surface area contributed by atoms with E-state index in [4.69, 9.17) is 0 Å². The largest absolute Gasteiger partial charge is 0.478 e. The molecule has 4 aromatic heterocycles. The fourth-order valence-corrected chi connectivity index (χ4v) is 3.63. The van der Waals surface area contributed by atoms with Gasteiger partial charge in [0.15, 0.2) is 0 Å². The minimum atomic E-state index is -1.15. The SMILES string of the molecule is Cc1ccc(C#Cc2ccnc(-c3cc(C(=O)O)cc(-c4cc(C(=O)O)ccn4)n3)c2)s1. The number of aromatic nitrogens is 3. The monoisotopic (exact) mass is 441 g/mol. The van der Waals surface area contributed by atoms with E-state index >= 15 is 0 Å². The number of thiophene rings is 1. The summed E-state index contributed by atoms with van der Waals surface area (Å²) >= 11 is 1.60. The van der Waals surface area contributed by atoms with Crippen molar-refractivity contribution in [2.24, 2.45) is 0 Å². The van der Waals surface area contributed by atoms with Gasteiger partial charge < -0.3 is 10.2 Å². The summed E-state index contributed by atoms with van der Waals surface area (Å²) in [7, 11) is 0. The molecule has 8 heteroatoms. The summed E-state index contributed by atoms with van der Waals surface area (Å²) in [6, 6.07) is 12.9. The molecule has 0 bridgehead atoms. The van der Waals surface area contributed by atoms with Gasteiger partial charge in [-0.2, -0.15) is 0 Å². The van der Waals surface area contributed by atoms with E-state index in [2.05, 4.69) is 26.8 Å². The van der Waals surface area contributed by atoms with Crippen LogP contribution in [0, 0.1) is 18.8 Å². The number of rotatable bonds is 4. The van der Waals surface area contributed by atoms with Crippen molar-refractivity contribution in [1.82, 2.24) is 15.0 Å². The van der Waals surface area contributed by atoms with Crippen LogP contribution in [0.1, 0.15) is 36.0 Å². The molecule has 156 valence electrons. The molecule has 4 heterocycles. The zero-order valence-corrected chi connectivity index (χ0v) is 17.6. The highest BCUT2D eigenvalue weighted by Gasteiger charge is 2.14. The van der Waals surface area contributed by atoms with Crippen LogP contribution in [-0.2, 0) is 0 Å². The van der Waals surface area contributed by atoms with Crippen LogP contribution < -0.4 is 0 Å². The molecule has 0 aliphatic carbocycles. The second-order valence-electron chi connectivity index (χ2n) is 6.76. The Kier molecular flexibility index (Phi) is 5.75. The molecule has 0 atom stereocenters. The number of aryl methyl sites for hydroxylation is 1. The Hall–Kier alpha value is -4.35. The van der Waals surface area contributed by atoms with Gasteiger partial charge in [-0.3, -0.25) is 9.97 Å². The van der Waals surface area contributed by atoms with Crippen molar-refractivity contribution in [1.29, 1.82) is 0 Å². The maximum atomic E-state index is 11.7. The average Bonchev–Trinajstić information content (AvgIpc) is 3.22. The number of aromatic carboxylic acids is 2. The topological polar surface area (TPSA) is 113 Å². The predicted octanol–water partition coefficient (Wildman–Crippen LogP) is 4.37. The highest BCUT2D eigenvalue weighted by Crippen LogP contribution is 2.24. The summed E-state index contributed by atoms with van der Waals surface area (Å²) in [4.78, 5) is 38.0. The van der Waals surface area contributed by atoms with Crippen LogP contribution in [-0.4, -0.2) is 37.1 Å². The zero-order chi connectivity index (χ0) is 22.7. The zero-order valence-electron chi connectivity index (χ0n) is 16.7. The fourth-order valence-electron chi connectivity index (χ4n) is 2.90. The molecular weight excluding hydrogens is 426 g/mol. The van der Waals surface area contributed by atoms with Crippen molar-refractivity contribution in [2.45, 2.75) is 6.92 Å². The lowest BCUT2D eigenvalue weighted by molar-refractivity contribution is 0.0686. The molecule has 0 amide bonds. The van der Waals surface area contributed by atoms with Crippen LogP contribution in [0.5, 0.6) is 0 Å². The van der Waals surface area contributed by atoms with Crippen LogP contribution in [0.2, 0.25) is 0 Å². The maximum Gasteiger partial charge on any atom is 0.335 e. The summed E-state index contributed by atoms with van der Waals surface area (Å²) in [5, 5.41) is 18.8. The third-order valence-electron chi connectivity index (χ3n) is 4.43. The number of pyridine rings is 3. The van der Waals surface area contributed by atoms with Crippen molar-refractivity contribution in [3.8, 4) is 34.6 Å². The van der Waals surface area contributed by atoms with E-state index in [-0.39, 0.29) is 22.5 Å². The van der Waals surface area contributed by atoms with Gasteiger partial charge in [-0.15, -0.1) is 11.3 Å². The Morgan fingerprint density at radius 1 is 0.781 bits per heavy atom. The molecule has 0 saturated heterocycles. The van der Waals surface area contributed by atoms with E-state index in [9.17, 15) is 19.8 Å². The lowest BCUT2D eigenvalue weighted by atomic mass is 10.1. The van der Waals surface area contributed by atoms with Crippen LogP contribution in [0.25, 0.3) is 22.8 Å². The van der Waals surface area contributed by atoms with Crippen LogP contribution in [0.3, 0.4) is 0 Å². The van der Waals surface area contributed by atoms with E-state index in [0.29, 0.717) is 17.0 Å². The Labute approximate surface area is 187 Å². The molecular formula is C24H15N3O4S. The Balaban J connectivity index is 1.77. The summed E-state index contributed by atoms with van der Waals surface area (Å²) in [5.74, 6) is 3.93. The Morgan fingerprint density at radius 3 is 2.03 bits per heavy atom. The number of hydrogen-bond donors (Lipinski definition) is 2. The lowest BCUT2D eigenvalue weighted by Gasteiger charge is -2.07. The molecule has 32 heavy (non-hydrogen) atoms. The number of carboxylic acids is 2. The number of nitrogens with zero attached hydrogens (tertiary/aromatic N) is 3. The third-order valence-corrected chi connectivity index (χ3v) is 5.35. The van der Waals surface area contributed by atoms with Gasteiger partial charge >= 0.3 is 11.9 Å². The van der Waals surface area contributed by atoms with Gasteiger partial charge in [-0.05, 0) is 55.5 Å². The average molecular weight is 441 g/mol. The van der Waals surface area contributed by atoms with Gasteiger partial charge in [0.2, 0.25) is 0 Å². The maximum absolute atomic E-state index is 11.7. The molecule has 0 aliphatic rings. The summed E-state index contributed by atoms with van der Waals surface area (Å²) in [6.45, 7) is 2.01. The summed E-state index contributed by atoms with van der Waals surface area (Å²) < 4.78 is 0. The first-order chi connectivity index (χ1) is 15.4. The molecule has 2 N–H and O–H groups in total. The van der Waals surface area contributed by atoms with Crippen molar-refractivity contribution >= 4 is 23.3 Å². The fraction of sp³-hybridized carbons (Fsp3) is 0.0417. The first-order valence-corrected chi connectivity index (χ1v) is 10.2. The molecule has 0 spiro atoms. The van der Waals surface area contributed by atoms with Gasteiger partial charge in [0.1, 0.15) is 0 Å². The number of carbonyl (C=O) groups is 2. The molecule has 4 rings (SSSR count). The summed E-state index contributed by atoms with van der Waals surface area (Å²) in [5.41, 5.74) is 1.96. The molecule has 0 saturated carbocycles. The van der Waals surface area contributed by atoms with Crippen molar-refractivity contribution in [3.63, 3.8) is 0 Å². The number of hydrogen-bond acceptors (Lipinski definition) is 6. The van der Waals surface area contributed by atoms with E-state index in [1.165, 1.54) is 35.3 Å². The van der Waals surface area contributed by atoms with E-state index < -0.39 is 11.9 Å². The molecule has 4 aromatic rings. The first-order valence-electron chi connectivity index (χ1n) is 9.39. The van der Waals surface area contributed by atoms with E-state index in [1.807, 2.05) is 19.1 Å². The highest BCUT2D eigenvalue weighted by atomic mass is 32.1. The molecule has 0 fully saturated rings. The Morgan fingerprint density at radius 2 is 1.41 bits per heavy atom. The molecule has 7 nitrogen and oxygen atoms in total. The van der Waals surface area contributed by atoms with Gasteiger partial charge in [0.05, 0.1) is 38.8 Å². The predicted molar refractivity (Wildman–Crippen MR) is 120 cm³/mol. The summed E-state index contributed by atoms with van der Waals surface area (Å²) in [6.07, 6.45) is 2.92. The third kappa shape index (κ3) is 4.69. The van der Waals surface area contributed by atoms with Crippen molar-refractivity contribution in [2.75, 3.05) is 0 Å². The van der Waals surface area contributed by atoms with E-state index in [1.54, 1.807) is 29.7 Å². The first kappa shape index (κ1) is 20.9. The van der Waals surface area contributed by atoms with Gasteiger partial charge in [0, 0.05) is 22.8 Å². The number of carboxylic acid groups (broad SMARTS) is 2. The van der Waals surface area contributed by atoms with Crippen LogP contribution in [0.4, 0.5) is 0 Å². The standard InChI is InChI=1S/C24H15N3O4S/c1-14-2-4-18(32-14)5-3-15-6-8-25-19(10-15)21-12-17(24(30)31)13-22(27-21)20-11-16(23(28)29)7-9-26-20/h2,4,6-13H,1H3,(H,28,29)(H,30,31). The molecule has 0 aliphatic heterocycles. The normalized spacial score (nSPS) is 10.3. The molecule has 0 unspecified atom stereocenters. The van der Waals surface area contributed by atoms with Crippen molar-refractivity contribution in [3.05, 3.63) is 87.4 Å². The molecule has 0 radical (unpaired) electrons. The van der Waals surface area contributed by atoms with Gasteiger partial charge in [0.25, 0.3) is 0 Å². The molecule has 0 aromatic carbocycles. The second-order valence-corrected chi connectivity index (χ2v) is 8.04. The lowest BCUT2D eigenvalue weighted by Crippen LogP contribution is -2.02. The van der Waals surface area contributed by atoms with Crippen LogP contribution in [0.15, 0.2) is 60.9 Å². The highest BCUT2D eigenvalue weighted by molar-refractivity contribution is 7.12. The second kappa shape index (κ2) is 8.79. The van der Waals surface area contributed by atoms with E-state index in [0.717, 1.165) is 4.88 Å².